The third-order valence-electron chi connectivity index (χ3n) is 2.38. The Hall–Kier alpha value is -1.12. The molecule has 0 spiro atoms. The van der Waals surface area contributed by atoms with Gasteiger partial charge in [0.25, 0.3) is 0 Å². The molecular formula is C11H13N2OPS. The summed E-state index contributed by atoms with van der Waals surface area (Å²) in [6.07, 6.45) is 1.80. The van der Waals surface area contributed by atoms with Crippen molar-refractivity contribution in [1.29, 1.82) is 0 Å². The van der Waals surface area contributed by atoms with Crippen molar-refractivity contribution >= 4 is 29.7 Å². The van der Waals surface area contributed by atoms with Crippen molar-refractivity contribution in [3.63, 3.8) is 0 Å². The molecule has 0 saturated heterocycles. The standard InChI is InChI=1S/C11H13N2OPS/c1-15(2,14)11-5-8(3-4-10(11)12)9-6-13-16-7-9/h3-7H,12H2,1-2H3. The minimum absolute atomic E-state index is 0.597. The lowest BCUT2D eigenvalue weighted by Gasteiger charge is -2.11. The van der Waals surface area contributed by atoms with E-state index in [2.05, 4.69) is 4.37 Å². The van der Waals surface area contributed by atoms with Crippen LogP contribution in [0.4, 0.5) is 5.69 Å². The summed E-state index contributed by atoms with van der Waals surface area (Å²) in [5.41, 5.74) is 8.50. The van der Waals surface area contributed by atoms with Crippen LogP contribution in [-0.2, 0) is 4.57 Å². The molecule has 0 radical (unpaired) electrons. The van der Waals surface area contributed by atoms with E-state index in [1.54, 1.807) is 19.5 Å². The van der Waals surface area contributed by atoms with Crippen LogP contribution in [0.5, 0.6) is 0 Å². The summed E-state index contributed by atoms with van der Waals surface area (Å²) in [7, 11) is -2.33. The van der Waals surface area contributed by atoms with Gasteiger partial charge >= 0.3 is 0 Å². The predicted molar refractivity (Wildman–Crippen MR) is 71.1 cm³/mol. The average molecular weight is 252 g/mol. The van der Waals surface area contributed by atoms with Gasteiger partial charge in [0, 0.05) is 28.1 Å². The maximum absolute atomic E-state index is 12.1. The lowest BCUT2D eigenvalue weighted by molar-refractivity contribution is 0.588. The Morgan fingerprint density at radius 3 is 2.62 bits per heavy atom. The molecule has 0 unspecified atom stereocenters. The summed E-state index contributed by atoms with van der Waals surface area (Å²) in [6.45, 7) is 3.46. The average Bonchev–Trinajstić information content (AvgIpc) is 2.69. The molecule has 0 amide bonds. The van der Waals surface area contributed by atoms with Crippen LogP contribution in [0, 0.1) is 0 Å². The van der Waals surface area contributed by atoms with Crippen molar-refractivity contribution in [3.8, 4) is 11.1 Å². The number of hydrogen-bond donors (Lipinski definition) is 1. The lowest BCUT2D eigenvalue weighted by Crippen LogP contribution is -2.09. The highest BCUT2D eigenvalue weighted by Crippen LogP contribution is 2.38. The van der Waals surface area contributed by atoms with Gasteiger partial charge in [-0.2, -0.15) is 0 Å². The Morgan fingerprint density at radius 2 is 2.06 bits per heavy atom. The highest BCUT2D eigenvalue weighted by atomic mass is 32.1. The van der Waals surface area contributed by atoms with E-state index in [1.165, 1.54) is 11.5 Å². The predicted octanol–water partition coefficient (Wildman–Crippen LogP) is 2.64. The first kappa shape index (κ1) is 11.4. The fourth-order valence-electron chi connectivity index (χ4n) is 1.54. The number of nitrogens with two attached hydrogens (primary N) is 1. The van der Waals surface area contributed by atoms with Crippen LogP contribution in [0.25, 0.3) is 11.1 Å². The van der Waals surface area contributed by atoms with E-state index in [9.17, 15) is 4.57 Å². The van der Waals surface area contributed by atoms with E-state index < -0.39 is 7.14 Å². The van der Waals surface area contributed by atoms with Crippen LogP contribution >= 0.6 is 18.7 Å². The molecule has 2 N–H and O–H groups in total. The van der Waals surface area contributed by atoms with Crippen molar-refractivity contribution in [3.05, 3.63) is 29.8 Å². The van der Waals surface area contributed by atoms with Gasteiger partial charge in [0.05, 0.1) is 0 Å². The fraction of sp³-hybridized carbons (Fsp3) is 0.182. The van der Waals surface area contributed by atoms with Crippen LogP contribution in [0.15, 0.2) is 29.8 Å². The van der Waals surface area contributed by atoms with Gasteiger partial charge in [-0.25, -0.2) is 4.37 Å². The second-order valence-electron chi connectivity index (χ2n) is 4.04. The molecule has 16 heavy (non-hydrogen) atoms. The molecule has 0 aliphatic carbocycles. The Bertz CT molecular complexity index is 545. The molecule has 0 aliphatic rings. The van der Waals surface area contributed by atoms with Crippen LogP contribution in [0.2, 0.25) is 0 Å². The molecule has 0 atom stereocenters. The Kier molecular flexibility index (Phi) is 2.87. The lowest BCUT2D eigenvalue weighted by atomic mass is 10.1. The molecule has 0 aliphatic heterocycles. The summed E-state index contributed by atoms with van der Waals surface area (Å²) < 4.78 is 16.1. The smallest absolute Gasteiger partial charge is 0.111 e. The van der Waals surface area contributed by atoms with E-state index >= 15 is 0 Å². The van der Waals surface area contributed by atoms with Gasteiger partial charge in [-0.3, -0.25) is 0 Å². The Morgan fingerprint density at radius 1 is 1.31 bits per heavy atom. The van der Waals surface area contributed by atoms with Crippen molar-refractivity contribution in [2.45, 2.75) is 0 Å². The first-order chi connectivity index (χ1) is 7.48. The van der Waals surface area contributed by atoms with Gasteiger partial charge in [0.15, 0.2) is 0 Å². The van der Waals surface area contributed by atoms with Crippen molar-refractivity contribution < 1.29 is 4.57 Å². The number of rotatable bonds is 2. The molecule has 0 fully saturated rings. The molecule has 0 bridgehead atoms. The van der Waals surface area contributed by atoms with Crippen LogP contribution in [0.1, 0.15) is 0 Å². The van der Waals surface area contributed by atoms with Crippen molar-refractivity contribution in [1.82, 2.24) is 4.37 Å². The molecule has 1 aromatic carbocycles. The highest BCUT2D eigenvalue weighted by molar-refractivity contribution is 7.70. The molecule has 0 saturated carbocycles. The Labute approximate surface area is 98.8 Å². The van der Waals surface area contributed by atoms with E-state index in [0.29, 0.717) is 5.69 Å². The largest absolute Gasteiger partial charge is 0.398 e. The van der Waals surface area contributed by atoms with Gasteiger partial charge in [-0.05, 0) is 42.6 Å². The van der Waals surface area contributed by atoms with Gasteiger partial charge < -0.3 is 10.3 Å². The molecule has 5 heteroatoms. The maximum Gasteiger partial charge on any atom is 0.111 e. The molecule has 2 rings (SSSR count). The summed E-state index contributed by atoms with van der Waals surface area (Å²) in [6, 6.07) is 5.64. The molecular weight excluding hydrogens is 239 g/mol. The number of nitrogens with zero attached hydrogens (tertiary/aromatic N) is 1. The van der Waals surface area contributed by atoms with Gasteiger partial charge in [-0.1, -0.05) is 6.07 Å². The topological polar surface area (TPSA) is 56.0 Å². The van der Waals surface area contributed by atoms with E-state index in [-0.39, 0.29) is 0 Å². The summed E-state index contributed by atoms with van der Waals surface area (Å²) in [5, 5.41) is 2.71. The van der Waals surface area contributed by atoms with Crippen molar-refractivity contribution in [2.75, 3.05) is 19.1 Å². The maximum atomic E-state index is 12.1. The second-order valence-corrected chi connectivity index (χ2v) is 7.88. The molecule has 2 aromatic rings. The number of anilines is 1. The molecule has 1 aromatic heterocycles. The molecule has 3 nitrogen and oxygen atoms in total. The van der Waals surface area contributed by atoms with Gasteiger partial charge in [-0.15, -0.1) is 0 Å². The third-order valence-corrected chi connectivity index (χ3v) is 4.51. The van der Waals surface area contributed by atoms with Gasteiger partial charge in [0.1, 0.15) is 7.14 Å². The first-order valence-corrected chi connectivity index (χ1v) is 8.27. The fourth-order valence-corrected chi connectivity index (χ4v) is 3.23. The zero-order valence-corrected chi connectivity index (χ0v) is 10.9. The number of aromatic nitrogens is 1. The monoisotopic (exact) mass is 252 g/mol. The van der Waals surface area contributed by atoms with E-state index in [1.807, 2.05) is 23.6 Å². The summed E-state index contributed by atoms with van der Waals surface area (Å²) in [4.78, 5) is 0. The van der Waals surface area contributed by atoms with Crippen LogP contribution < -0.4 is 11.0 Å². The van der Waals surface area contributed by atoms with Crippen LogP contribution in [0.3, 0.4) is 0 Å². The zero-order valence-electron chi connectivity index (χ0n) is 9.18. The zero-order chi connectivity index (χ0) is 11.8. The van der Waals surface area contributed by atoms with E-state index in [0.717, 1.165) is 16.4 Å². The number of nitrogen functional groups attached to an aromatic ring is 1. The summed E-state index contributed by atoms with van der Waals surface area (Å²) in [5.74, 6) is 0. The normalized spacial score (nSPS) is 11.6. The van der Waals surface area contributed by atoms with Gasteiger partial charge in [0.2, 0.25) is 0 Å². The summed E-state index contributed by atoms with van der Waals surface area (Å²) >= 11 is 1.40. The quantitative estimate of drug-likeness (QED) is 0.660. The third kappa shape index (κ3) is 2.18. The van der Waals surface area contributed by atoms with Crippen LogP contribution in [-0.4, -0.2) is 17.7 Å². The van der Waals surface area contributed by atoms with Crippen molar-refractivity contribution in [2.24, 2.45) is 0 Å². The minimum atomic E-state index is -2.33. The second kappa shape index (κ2) is 4.04. The Balaban J connectivity index is 2.57. The number of hydrogen-bond acceptors (Lipinski definition) is 4. The minimum Gasteiger partial charge on any atom is -0.398 e. The highest BCUT2D eigenvalue weighted by Gasteiger charge is 2.15. The molecule has 84 valence electrons. The number of benzene rings is 1. The van der Waals surface area contributed by atoms with E-state index in [4.69, 9.17) is 5.73 Å². The molecule has 1 heterocycles. The SMILES string of the molecule is CP(C)(=O)c1cc(-c2cnsc2)ccc1N. The first-order valence-electron chi connectivity index (χ1n) is 4.83.